The van der Waals surface area contributed by atoms with E-state index in [9.17, 15) is 9.59 Å². The third-order valence-corrected chi connectivity index (χ3v) is 4.47. The number of allylic oxidation sites excluding steroid dienone is 1. The highest BCUT2D eigenvalue weighted by Gasteiger charge is 2.59. The molecular weight excluding hydrogens is 284 g/mol. The number of carbonyl (C=O) groups is 2. The highest BCUT2D eigenvalue weighted by molar-refractivity contribution is 6.25. The number of methoxy groups -OCH3 is 2. The Morgan fingerprint density at radius 2 is 1.95 bits per heavy atom. The molecule has 1 aromatic rings. The molecular formula is C17H18O5. The van der Waals surface area contributed by atoms with Gasteiger partial charge in [0.15, 0.2) is 0 Å². The molecule has 2 unspecified atom stereocenters. The minimum Gasteiger partial charge on any atom is -0.501 e. The van der Waals surface area contributed by atoms with Gasteiger partial charge in [-0.05, 0) is 18.6 Å². The van der Waals surface area contributed by atoms with Crippen molar-refractivity contribution in [1.82, 2.24) is 0 Å². The second-order valence-electron chi connectivity index (χ2n) is 5.77. The summed E-state index contributed by atoms with van der Waals surface area (Å²) in [5, 5.41) is 0. The molecule has 116 valence electrons. The van der Waals surface area contributed by atoms with Crippen LogP contribution in [0.5, 0.6) is 11.5 Å². The van der Waals surface area contributed by atoms with Crippen LogP contribution < -0.4 is 9.47 Å². The van der Waals surface area contributed by atoms with Crippen LogP contribution in [0, 0.1) is 12.8 Å². The van der Waals surface area contributed by atoms with Gasteiger partial charge in [-0.2, -0.15) is 0 Å². The van der Waals surface area contributed by atoms with E-state index < -0.39 is 5.60 Å². The zero-order valence-electron chi connectivity index (χ0n) is 13.1. The summed E-state index contributed by atoms with van der Waals surface area (Å²) in [5.41, 5.74) is -0.255. The van der Waals surface area contributed by atoms with Gasteiger partial charge in [0.2, 0.25) is 17.2 Å². The van der Waals surface area contributed by atoms with Gasteiger partial charge >= 0.3 is 0 Å². The molecule has 0 fully saturated rings. The van der Waals surface area contributed by atoms with Crippen molar-refractivity contribution in [3.8, 4) is 11.5 Å². The van der Waals surface area contributed by atoms with Crippen molar-refractivity contribution in [2.75, 3.05) is 14.2 Å². The Bertz CT molecular complexity index is 703. The van der Waals surface area contributed by atoms with E-state index >= 15 is 0 Å². The maximum Gasteiger partial charge on any atom is 0.236 e. The summed E-state index contributed by atoms with van der Waals surface area (Å²) < 4.78 is 16.3. The van der Waals surface area contributed by atoms with Crippen molar-refractivity contribution in [3.63, 3.8) is 0 Å². The number of ether oxygens (including phenoxy) is 3. The Balaban J connectivity index is 2.12. The lowest BCUT2D eigenvalue weighted by molar-refractivity contribution is -0.129. The largest absolute Gasteiger partial charge is 0.501 e. The average molecular weight is 302 g/mol. The van der Waals surface area contributed by atoms with Gasteiger partial charge in [-0.15, -0.1) is 0 Å². The van der Waals surface area contributed by atoms with Crippen LogP contribution >= 0.6 is 0 Å². The Hall–Kier alpha value is -2.30. The Labute approximate surface area is 128 Å². The molecule has 1 aliphatic carbocycles. The molecule has 1 spiro atoms. The summed E-state index contributed by atoms with van der Waals surface area (Å²) in [6.07, 6.45) is 1.86. The van der Waals surface area contributed by atoms with Gasteiger partial charge < -0.3 is 14.2 Å². The minimum atomic E-state index is -1.47. The third kappa shape index (κ3) is 1.78. The Kier molecular flexibility index (Phi) is 3.24. The van der Waals surface area contributed by atoms with Gasteiger partial charge in [0.05, 0.1) is 25.5 Å². The first kappa shape index (κ1) is 14.6. The maximum atomic E-state index is 13.0. The third-order valence-electron chi connectivity index (χ3n) is 4.47. The van der Waals surface area contributed by atoms with Crippen LogP contribution in [0.4, 0.5) is 0 Å². The predicted octanol–water partition coefficient (Wildman–Crippen LogP) is 2.46. The molecule has 0 N–H and O–H groups in total. The van der Waals surface area contributed by atoms with Crippen LogP contribution in [-0.2, 0) is 9.53 Å². The van der Waals surface area contributed by atoms with E-state index in [-0.39, 0.29) is 17.5 Å². The molecule has 2 atom stereocenters. The fraction of sp³-hybridized carbons (Fsp3) is 0.412. The first-order chi connectivity index (χ1) is 10.4. The van der Waals surface area contributed by atoms with Crippen molar-refractivity contribution in [2.24, 2.45) is 5.92 Å². The van der Waals surface area contributed by atoms with Gasteiger partial charge in [-0.3, -0.25) is 9.59 Å². The SMILES string of the molecule is COC1=CC(=O)C2(Oc3cc(OC)cc(C)c3C2=O)C(C)C1. The van der Waals surface area contributed by atoms with E-state index in [1.165, 1.54) is 13.2 Å². The molecule has 0 amide bonds. The maximum absolute atomic E-state index is 13.0. The Morgan fingerprint density at radius 1 is 1.23 bits per heavy atom. The van der Waals surface area contributed by atoms with Gasteiger partial charge in [0.25, 0.3) is 0 Å². The predicted molar refractivity (Wildman–Crippen MR) is 79.3 cm³/mol. The summed E-state index contributed by atoms with van der Waals surface area (Å²) in [6.45, 7) is 3.65. The normalized spacial score (nSPS) is 26.5. The molecule has 0 radical (unpaired) electrons. The van der Waals surface area contributed by atoms with Crippen molar-refractivity contribution in [1.29, 1.82) is 0 Å². The van der Waals surface area contributed by atoms with Gasteiger partial charge in [0.1, 0.15) is 11.5 Å². The first-order valence-corrected chi connectivity index (χ1v) is 7.15. The van der Waals surface area contributed by atoms with Crippen molar-refractivity contribution in [3.05, 3.63) is 35.1 Å². The fourth-order valence-electron chi connectivity index (χ4n) is 3.25. The lowest BCUT2D eigenvalue weighted by atomic mass is 9.74. The highest BCUT2D eigenvalue weighted by Crippen LogP contribution is 2.46. The van der Waals surface area contributed by atoms with E-state index in [1.807, 2.05) is 13.8 Å². The quantitative estimate of drug-likeness (QED) is 0.785. The van der Waals surface area contributed by atoms with Crippen LogP contribution in [0.15, 0.2) is 24.0 Å². The summed E-state index contributed by atoms with van der Waals surface area (Å²) in [6, 6.07) is 3.43. The van der Waals surface area contributed by atoms with E-state index in [1.54, 1.807) is 19.2 Å². The molecule has 1 aromatic carbocycles. The molecule has 1 aliphatic heterocycles. The summed E-state index contributed by atoms with van der Waals surface area (Å²) in [7, 11) is 3.07. The van der Waals surface area contributed by atoms with Gasteiger partial charge in [-0.1, -0.05) is 6.92 Å². The number of Topliss-reactive ketones (excluding diaryl/α,β-unsaturated/α-hetero) is 1. The molecule has 0 saturated heterocycles. The smallest absolute Gasteiger partial charge is 0.236 e. The van der Waals surface area contributed by atoms with Crippen LogP contribution in [0.2, 0.25) is 0 Å². The minimum absolute atomic E-state index is 0.272. The number of benzene rings is 1. The second kappa shape index (κ2) is 4.87. The van der Waals surface area contributed by atoms with Crippen LogP contribution in [0.25, 0.3) is 0 Å². The number of hydrogen-bond donors (Lipinski definition) is 0. The van der Waals surface area contributed by atoms with Crippen LogP contribution in [-0.4, -0.2) is 31.4 Å². The number of carbonyl (C=O) groups excluding carboxylic acids is 2. The van der Waals surface area contributed by atoms with E-state index in [4.69, 9.17) is 14.2 Å². The van der Waals surface area contributed by atoms with E-state index in [0.29, 0.717) is 29.2 Å². The van der Waals surface area contributed by atoms with E-state index in [0.717, 1.165) is 5.56 Å². The van der Waals surface area contributed by atoms with Crippen molar-refractivity contribution >= 4 is 11.6 Å². The number of hydrogen-bond acceptors (Lipinski definition) is 5. The van der Waals surface area contributed by atoms with Crippen LogP contribution in [0.1, 0.15) is 29.3 Å². The molecule has 1 heterocycles. The summed E-state index contributed by atoms with van der Waals surface area (Å²) in [4.78, 5) is 25.6. The standard InChI is InChI=1S/C17H18O5/c1-9-5-11(20-3)7-13-15(9)16(19)17(22-13)10(2)6-12(21-4)8-14(17)18/h5,7-8,10H,6H2,1-4H3. The van der Waals surface area contributed by atoms with Crippen LogP contribution in [0.3, 0.4) is 0 Å². The van der Waals surface area contributed by atoms with Gasteiger partial charge in [-0.25, -0.2) is 0 Å². The van der Waals surface area contributed by atoms with Crippen molar-refractivity contribution in [2.45, 2.75) is 25.9 Å². The topological polar surface area (TPSA) is 61.8 Å². The molecule has 3 rings (SSSR count). The monoisotopic (exact) mass is 302 g/mol. The number of fused-ring (bicyclic) bond motifs is 1. The Morgan fingerprint density at radius 3 is 2.55 bits per heavy atom. The molecule has 0 bridgehead atoms. The molecule has 2 aliphatic rings. The molecule has 22 heavy (non-hydrogen) atoms. The average Bonchev–Trinajstić information content (AvgIpc) is 2.79. The molecule has 5 nitrogen and oxygen atoms in total. The highest BCUT2D eigenvalue weighted by atomic mass is 16.5. The summed E-state index contributed by atoms with van der Waals surface area (Å²) in [5.74, 6) is 0.658. The fourth-order valence-corrected chi connectivity index (χ4v) is 3.25. The molecule has 5 heteroatoms. The summed E-state index contributed by atoms with van der Waals surface area (Å²) >= 11 is 0. The lowest BCUT2D eigenvalue weighted by Gasteiger charge is -2.34. The van der Waals surface area contributed by atoms with Crippen molar-refractivity contribution < 1.29 is 23.8 Å². The zero-order valence-corrected chi connectivity index (χ0v) is 13.1. The van der Waals surface area contributed by atoms with Gasteiger partial charge in [0, 0.05) is 24.5 Å². The number of ketones is 2. The lowest BCUT2D eigenvalue weighted by Crippen LogP contribution is -2.54. The van der Waals surface area contributed by atoms with E-state index in [2.05, 4.69) is 0 Å². The number of rotatable bonds is 2. The first-order valence-electron chi connectivity index (χ1n) is 7.15. The number of aryl methyl sites for hydroxylation is 1. The molecule has 0 saturated carbocycles. The second-order valence-corrected chi connectivity index (χ2v) is 5.77. The molecule has 0 aromatic heterocycles. The zero-order chi connectivity index (χ0) is 16.1.